The smallest absolute Gasteiger partial charge is 0.870 e. The van der Waals surface area contributed by atoms with Crippen LogP contribution >= 0.6 is 22.7 Å². The van der Waals surface area contributed by atoms with Gasteiger partial charge in [-0.15, -0.1) is 22.7 Å². The van der Waals surface area contributed by atoms with Gasteiger partial charge in [-0.05, 0) is 6.92 Å². The molecule has 2 rings (SSSR count). The number of ketones is 2. The second-order valence-corrected chi connectivity index (χ2v) is 5.98. The molecule has 11 nitrogen and oxygen atoms in total. The fraction of sp³-hybridized carbons (Fsp3) is 0.286. The van der Waals surface area contributed by atoms with E-state index in [0.29, 0.717) is 10.3 Å². The third-order valence-corrected chi connectivity index (χ3v) is 4.28. The molecular weight excluding hydrogens is 423 g/mol. The number of nitrogens with one attached hydrogen (secondary N) is 2. The van der Waals surface area contributed by atoms with Crippen LogP contribution in [0.3, 0.4) is 0 Å². The van der Waals surface area contributed by atoms with Gasteiger partial charge in [-0.1, -0.05) is 0 Å². The first-order valence-electron chi connectivity index (χ1n) is 7.09. The number of esters is 1. The molecule has 0 radical (unpaired) electrons. The van der Waals surface area contributed by atoms with Crippen molar-refractivity contribution in [2.75, 3.05) is 31.3 Å². The number of thiazole rings is 2. The van der Waals surface area contributed by atoms with Gasteiger partial charge in [-0.3, -0.25) is 9.59 Å². The first-order chi connectivity index (χ1) is 12.3. The van der Waals surface area contributed by atoms with E-state index in [0.717, 1.165) is 0 Å². The molecule has 0 saturated heterocycles. The van der Waals surface area contributed by atoms with Gasteiger partial charge in [0.25, 0.3) is 11.6 Å². The average molecular weight is 440 g/mol. The second-order valence-electron chi connectivity index (χ2n) is 4.26. The van der Waals surface area contributed by atoms with Crippen molar-refractivity contribution >= 4 is 56.4 Å². The molecule has 14 heteroatoms. The summed E-state index contributed by atoms with van der Waals surface area (Å²) in [7, 11) is 3.34. The minimum atomic E-state index is -1.48. The van der Waals surface area contributed by atoms with Gasteiger partial charge in [0.1, 0.15) is 11.4 Å². The maximum Gasteiger partial charge on any atom is 1.00 e. The van der Waals surface area contributed by atoms with Gasteiger partial charge in [-0.2, -0.15) is 0 Å². The molecular formula is C14H17N4NaO7S2. The number of aliphatic carboxylic acids is 1. The SMILES string of the molecule is CCOC(=O)C(=O)c1csc(NC)n1.CNc1nc(C(=O)C(=O)O)cs1.[Na+].[OH-]. The molecule has 0 saturated carbocycles. The van der Waals surface area contributed by atoms with E-state index < -0.39 is 23.5 Å². The Bertz CT molecular complexity index is 809. The second kappa shape index (κ2) is 14.1. The van der Waals surface area contributed by atoms with E-state index in [1.165, 1.54) is 33.4 Å². The monoisotopic (exact) mass is 440 g/mol. The number of carboxylic acid groups (broad SMARTS) is 1. The fourth-order valence-corrected chi connectivity index (χ4v) is 2.70. The van der Waals surface area contributed by atoms with Gasteiger partial charge < -0.3 is 26.0 Å². The number of ether oxygens (including phenoxy) is 1. The maximum absolute atomic E-state index is 11.3. The molecule has 0 unspecified atom stereocenters. The Morgan fingerprint density at radius 3 is 1.75 bits per heavy atom. The molecule has 2 aromatic rings. The molecule has 0 aliphatic rings. The minimum absolute atomic E-state index is 0. The molecule has 2 aromatic heterocycles. The van der Waals surface area contributed by atoms with Crippen molar-refractivity contribution < 1.29 is 64.1 Å². The van der Waals surface area contributed by atoms with E-state index in [1.807, 2.05) is 0 Å². The van der Waals surface area contributed by atoms with E-state index in [1.54, 1.807) is 21.0 Å². The number of hydrogen-bond donors (Lipinski definition) is 3. The Morgan fingerprint density at radius 2 is 1.43 bits per heavy atom. The van der Waals surface area contributed by atoms with Crippen LogP contribution in [0.25, 0.3) is 0 Å². The van der Waals surface area contributed by atoms with Crippen LogP contribution < -0.4 is 40.2 Å². The van der Waals surface area contributed by atoms with Gasteiger partial charge in [-0.25, -0.2) is 19.6 Å². The van der Waals surface area contributed by atoms with Crippen LogP contribution in [0.1, 0.15) is 27.9 Å². The third kappa shape index (κ3) is 8.41. The first kappa shape index (κ1) is 28.3. The minimum Gasteiger partial charge on any atom is -0.870 e. The van der Waals surface area contributed by atoms with Crippen molar-refractivity contribution in [3.63, 3.8) is 0 Å². The normalized spacial score (nSPS) is 8.82. The van der Waals surface area contributed by atoms with Crippen molar-refractivity contribution in [3.8, 4) is 0 Å². The summed E-state index contributed by atoms with van der Waals surface area (Å²) in [4.78, 5) is 50.9. The zero-order chi connectivity index (χ0) is 19.7. The van der Waals surface area contributed by atoms with Crippen LogP contribution in [0, 0.1) is 0 Å². The van der Waals surface area contributed by atoms with E-state index in [-0.39, 0.29) is 53.0 Å². The summed E-state index contributed by atoms with van der Waals surface area (Å²) >= 11 is 2.45. The van der Waals surface area contributed by atoms with E-state index in [9.17, 15) is 19.2 Å². The van der Waals surface area contributed by atoms with Crippen molar-refractivity contribution in [1.29, 1.82) is 0 Å². The van der Waals surface area contributed by atoms with E-state index in [2.05, 4.69) is 25.3 Å². The number of carbonyl (C=O) groups is 4. The third-order valence-electron chi connectivity index (χ3n) is 2.56. The van der Waals surface area contributed by atoms with Crippen LogP contribution in [0.2, 0.25) is 0 Å². The predicted molar refractivity (Wildman–Crippen MR) is 98.2 cm³/mol. The summed E-state index contributed by atoms with van der Waals surface area (Å²) in [6.07, 6.45) is 0. The number of rotatable bonds is 7. The van der Waals surface area contributed by atoms with Crippen LogP contribution in [-0.2, 0) is 14.3 Å². The molecule has 0 atom stereocenters. The summed E-state index contributed by atoms with van der Waals surface area (Å²) in [6.45, 7) is 1.83. The number of anilines is 2. The van der Waals surface area contributed by atoms with Crippen LogP contribution in [-0.4, -0.2) is 64.8 Å². The Kier molecular flexibility index (Phi) is 14.3. The van der Waals surface area contributed by atoms with Crippen molar-refractivity contribution in [1.82, 2.24) is 9.97 Å². The summed E-state index contributed by atoms with van der Waals surface area (Å²) < 4.78 is 4.56. The Morgan fingerprint density at radius 1 is 1.00 bits per heavy atom. The Labute approximate surface area is 190 Å². The van der Waals surface area contributed by atoms with Gasteiger partial charge in [0, 0.05) is 24.9 Å². The van der Waals surface area contributed by atoms with Crippen LogP contribution in [0.4, 0.5) is 10.3 Å². The van der Waals surface area contributed by atoms with Gasteiger partial charge in [0.05, 0.1) is 6.61 Å². The summed E-state index contributed by atoms with van der Waals surface area (Å²) in [6, 6.07) is 0. The molecule has 0 bridgehead atoms. The summed E-state index contributed by atoms with van der Waals surface area (Å²) in [5.41, 5.74) is 0.0923. The van der Waals surface area contributed by atoms with Crippen molar-refractivity contribution in [2.24, 2.45) is 0 Å². The zero-order valence-corrected chi connectivity index (χ0v) is 19.1. The van der Waals surface area contributed by atoms with Gasteiger partial charge >= 0.3 is 41.5 Å². The molecule has 0 aromatic carbocycles. The molecule has 148 valence electrons. The Hall–Kier alpha value is -1.90. The number of hydrogen-bond acceptors (Lipinski definition) is 12. The molecule has 0 spiro atoms. The summed E-state index contributed by atoms with van der Waals surface area (Å²) in [5.74, 6) is -4.03. The average Bonchev–Trinajstić information content (AvgIpc) is 3.30. The van der Waals surface area contributed by atoms with Crippen LogP contribution in [0.5, 0.6) is 0 Å². The zero-order valence-electron chi connectivity index (χ0n) is 15.5. The number of carbonyl (C=O) groups excluding carboxylic acids is 3. The largest absolute Gasteiger partial charge is 1.00 e. The molecule has 0 aliphatic heterocycles. The quantitative estimate of drug-likeness (QED) is 0.192. The number of aromatic nitrogens is 2. The molecule has 0 fully saturated rings. The molecule has 28 heavy (non-hydrogen) atoms. The first-order valence-corrected chi connectivity index (χ1v) is 8.85. The number of carboxylic acids is 1. The van der Waals surface area contributed by atoms with E-state index in [4.69, 9.17) is 5.11 Å². The van der Waals surface area contributed by atoms with Crippen molar-refractivity contribution in [2.45, 2.75) is 6.92 Å². The molecule has 2 heterocycles. The summed E-state index contributed by atoms with van der Waals surface area (Å²) in [5, 5.41) is 17.8. The van der Waals surface area contributed by atoms with Gasteiger partial charge in [0.2, 0.25) is 0 Å². The molecule has 4 N–H and O–H groups in total. The fourth-order valence-electron chi connectivity index (χ4n) is 1.40. The molecule has 0 aliphatic carbocycles. The standard InChI is InChI=1S/C8H10N2O3S.C6H6N2O3S.Na.H2O/c1-3-13-7(12)6(11)5-4-14-8(9-2)10-5;1-7-6-8-3(2-12-6)4(9)5(10)11;;/h4H,3H2,1-2H3,(H,9,10);2H,1H3,(H,7,8)(H,10,11);;1H2/q;;+1;/p-1. The number of nitrogens with zero attached hydrogens (tertiary/aromatic N) is 2. The number of Topliss-reactive ketones (excluding diaryl/α,β-unsaturated/α-hetero) is 2. The molecule has 0 amide bonds. The Balaban J connectivity index is 0. The van der Waals surface area contributed by atoms with Crippen LogP contribution in [0.15, 0.2) is 10.8 Å². The van der Waals surface area contributed by atoms with Crippen molar-refractivity contribution in [3.05, 3.63) is 22.1 Å². The topological polar surface area (TPSA) is 178 Å². The van der Waals surface area contributed by atoms with Gasteiger partial charge in [0.15, 0.2) is 10.3 Å². The maximum atomic E-state index is 11.3. The van der Waals surface area contributed by atoms with E-state index >= 15 is 0 Å². The predicted octanol–water partition coefficient (Wildman–Crippen LogP) is -1.79.